The highest BCUT2D eigenvalue weighted by Crippen LogP contribution is 2.42. The van der Waals surface area contributed by atoms with Crippen LogP contribution in [-0.4, -0.2) is 4.57 Å². The number of nitrogens with zero attached hydrogens (tertiary/aromatic N) is 2. The fourth-order valence-corrected chi connectivity index (χ4v) is 9.51. The Labute approximate surface area is 323 Å². The van der Waals surface area contributed by atoms with E-state index in [2.05, 4.69) is 216 Å². The molecule has 9 aromatic carbocycles. The molecule has 0 bridgehead atoms. The van der Waals surface area contributed by atoms with Crippen molar-refractivity contribution < 1.29 is 0 Å². The summed E-state index contributed by atoms with van der Waals surface area (Å²) in [7, 11) is 0. The SMILES string of the molecule is c1ccc(-c2ccc(N(c3ccc(-c4cccc5cc6sc7ccccc7c6cc45)cc3)c3ccc4c5ccccc5n(-c5ccccc5)c4c3)cc2)cc1. The first-order valence-corrected chi connectivity index (χ1v) is 19.6. The molecule has 0 aliphatic carbocycles. The average molecular weight is 719 g/mol. The Morgan fingerprint density at radius 3 is 1.75 bits per heavy atom. The van der Waals surface area contributed by atoms with Crippen molar-refractivity contribution in [2.45, 2.75) is 0 Å². The highest BCUT2D eigenvalue weighted by molar-refractivity contribution is 7.25. The Balaban J connectivity index is 1.07. The third kappa shape index (κ3) is 5.32. The lowest BCUT2D eigenvalue weighted by Gasteiger charge is -2.26. The van der Waals surface area contributed by atoms with Crippen molar-refractivity contribution in [3.63, 3.8) is 0 Å². The zero-order valence-electron chi connectivity index (χ0n) is 29.9. The van der Waals surface area contributed by atoms with Gasteiger partial charge >= 0.3 is 0 Å². The summed E-state index contributed by atoms with van der Waals surface area (Å²) in [6, 6.07) is 75.2. The van der Waals surface area contributed by atoms with Gasteiger partial charge in [0.05, 0.1) is 11.0 Å². The Hall–Kier alpha value is -6.94. The predicted octanol–water partition coefficient (Wildman–Crippen LogP) is 15.1. The van der Waals surface area contributed by atoms with Crippen LogP contribution in [0.5, 0.6) is 0 Å². The van der Waals surface area contributed by atoms with Crippen molar-refractivity contribution in [3.8, 4) is 27.9 Å². The first kappa shape index (κ1) is 31.6. The molecule has 0 spiro atoms. The standard InChI is InChI=1S/C52H34N2S/c1-3-12-35(13-4-1)36-22-26-40(27-23-36)53(42-30-31-45-44-17-7-9-20-49(44)54(50(45)33-42)39-15-5-2-6-16-39)41-28-24-37(25-29-41)43-19-11-14-38-32-52-48(34-47(38)43)46-18-8-10-21-51(46)55-52/h1-34H. The molecular weight excluding hydrogens is 685 g/mol. The molecule has 3 heteroatoms. The largest absolute Gasteiger partial charge is 0.310 e. The van der Waals surface area contributed by atoms with Crippen LogP contribution in [0.2, 0.25) is 0 Å². The number of hydrogen-bond donors (Lipinski definition) is 0. The van der Waals surface area contributed by atoms with Crippen LogP contribution in [0, 0.1) is 0 Å². The maximum absolute atomic E-state index is 2.40. The van der Waals surface area contributed by atoms with Crippen LogP contribution in [0.15, 0.2) is 206 Å². The van der Waals surface area contributed by atoms with Crippen LogP contribution in [-0.2, 0) is 0 Å². The van der Waals surface area contributed by atoms with Crippen LogP contribution in [0.1, 0.15) is 0 Å². The van der Waals surface area contributed by atoms with Gasteiger partial charge in [0.2, 0.25) is 0 Å². The van der Waals surface area contributed by atoms with Gasteiger partial charge in [-0.2, -0.15) is 0 Å². The van der Waals surface area contributed by atoms with E-state index >= 15 is 0 Å². The van der Waals surface area contributed by atoms with E-state index in [-0.39, 0.29) is 0 Å². The Bertz CT molecular complexity index is 3180. The van der Waals surface area contributed by atoms with Crippen LogP contribution >= 0.6 is 11.3 Å². The minimum absolute atomic E-state index is 1.10. The van der Waals surface area contributed by atoms with Gasteiger partial charge in [-0.05, 0) is 106 Å². The Morgan fingerprint density at radius 2 is 0.964 bits per heavy atom. The summed E-state index contributed by atoms with van der Waals surface area (Å²) in [6.45, 7) is 0. The van der Waals surface area contributed by atoms with Gasteiger partial charge in [-0.15, -0.1) is 11.3 Å². The minimum Gasteiger partial charge on any atom is -0.310 e. The molecule has 0 unspecified atom stereocenters. The molecule has 0 atom stereocenters. The van der Waals surface area contributed by atoms with Crippen LogP contribution < -0.4 is 4.90 Å². The van der Waals surface area contributed by atoms with Crippen molar-refractivity contribution in [2.75, 3.05) is 4.90 Å². The monoisotopic (exact) mass is 718 g/mol. The molecule has 11 aromatic rings. The summed E-state index contributed by atoms with van der Waals surface area (Å²) < 4.78 is 5.05. The second-order valence-corrected chi connectivity index (χ2v) is 15.2. The van der Waals surface area contributed by atoms with Crippen molar-refractivity contribution in [1.29, 1.82) is 0 Å². The Kier molecular flexibility index (Phi) is 7.39. The number of para-hydroxylation sites is 2. The summed E-state index contributed by atoms with van der Waals surface area (Å²) >= 11 is 1.87. The number of thiophene rings is 1. The first-order valence-electron chi connectivity index (χ1n) is 18.8. The second kappa shape index (κ2) is 12.9. The molecule has 55 heavy (non-hydrogen) atoms. The lowest BCUT2D eigenvalue weighted by molar-refractivity contribution is 1.18. The normalized spacial score (nSPS) is 11.6. The van der Waals surface area contributed by atoms with E-state index in [9.17, 15) is 0 Å². The minimum atomic E-state index is 1.10. The molecule has 11 rings (SSSR count). The third-order valence-corrected chi connectivity index (χ3v) is 12.1. The van der Waals surface area contributed by atoms with Crippen molar-refractivity contribution >= 4 is 81.1 Å². The van der Waals surface area contributed by atoms with Crippen molar-refractivity contribution in [2.24, 2.45) is 0 Å². The van der Waals surface area contributed by atoms with Gasteiger partial charge in [0.25, 0.3) is 0 Å². The molecule has 2 aromatic heterocycles. The lowest BCUT2D eigenvalue weighted by Crippen LogP contribution is -2.10. The maximum Gasteiger partial charge on any atom is 0.0561 e. The molecule has 0 fully saturated rings. The van der Waals surface area contributed by atoms with Crippen molar-refractivity contribution in [1.82, 2.24) is 4.57 Å². The molecule has 0 N–H and O–H groups in total. The van der Waals surface area contributed by atoms with Gasteiger partial charge in [-0.3, -0.25) is 0 Å². The smallest absolute Gasteiger partial charge is 0.0561 e. The van der Waals surface area contributed by atoms with E-state index in [1.165, 1.54) is 75.0 Å². The molecule has 0 aliphatic heterocycles. The number of rotatable bonds is 6. The predicted molar refractivity (Wildman–Crippen MR) is 237 cm³/mol. The van der Waals surface area contributed by atoms with Gasteiger partial charge < -0.3 is 9.47 Å². The van der Waals surface area contributed by atoms with Gasteiger partial charge in [0.15, 0.2) is 0 Å². The molecule has 0 radical (unpaired) electrons. The number of fused-ring (bicyclic) bond motifs is 7. The van der Waals surface area contributed by atoms with Gasteiger partial charge in [0.1, 0.15) is 0 Å². The van der Waals surface area contributed by atoms with Gasteiger partial charge in [-0.25, -0.2) is 0 Å². The third-order valence-electron chi connectivity index (χ3n) is 11.0. The summed E-state index contributed by atoms with van der Waals surface area (Å²) in [5.74, 6) is 0. The molecule has 0 amide bonds. The first-order chi connectivity index (χ1) is 27.3. The average Bonchev–Trinajstić information content (AvgIpc) is 3.79. The van der Waals surface area contributed by atoms with Gasteiger partial charge in [-0.1, -0.05) is 133 Å². The molecular formula is C52H34N2S. The van der Waals surface area contributed by atoms with E-state index < -0.39 is 0 Å². The maximum atomic E-state index is 2.40. The molecule has 2 heterocycles. The zero-order valence-corrected chi connectivity index (χ0v) is 30.7. The fourth-order valence-electron chi connectivity index (χ4n) is 8.37. The molecule has 258 valence electrons. The highest BCUT2D eigenvalue weighted by atomic mass is 32.1. The molecule has 0 saturated heterocycles. The fraction of sp³-hybridized carbons (Fsp3) is 0. The van der Waals surface area contributed by atoms with E-state index in [0.29, 0.717) is 0 Å². The summed E-state index contributed by atoms with van der Waals surface area (Å²) in [5, 5.41) is 7.68. The lowest BCUT2D eigenvalue weighted by atomic mass is 9.96. The summed E-state index contributed by atoms with van der Waals surface area (Å²) in [4.78, 5) is 2.38. The number of anilines is 3. The van der Waals surface area contributed by atoms with Crippen LogP contribution in [0.25, 0.3) is 80.7 Å². The number of aromatic nitrogens is 1. The number of hydrogen-bond acceptors (Lipinski definition) is 2. The summed E-state index contributed by atoms with van der Waals surface area (Å²) in [5.41, 5.74) is 11.7. The highest BCUT2D eigenvalue weighted by Gasteiger charge is 2.18. The Morgan fingerprint density at radius 1 is 0.345 bits per heavy atom. The van der Waals surface area contributed by atoms with E-state index in [1.807, 2.05) is 11.3 Å². The molecule has 0 aliphatic rings. The van der Waals surface area contributed by atoms with Crippen molar-refractivity contribution in [3.05, 3.63) is 206 Å². The van der Waals surface area contributed by atoms with E-state index in [4.69, 9.17) is 0 Å². The van der Waals surface area contributed by atoms with Gasteiger partial charge in [0, 0.05) is 53.7 Å². The summed E-state index contributed by atoms with van der Waals surface area (Å²) in [6.07, 6.45) is 0. The quantitative estimate of drug-likeness (QED) is 0.166. The van der Waals surface area contributed by atoms with Crippen LogP contribution in [0.3, 0.4) is 0 Å². The molecule has 2 nitrogen and oxygen atoms in total. The van der Waals surface area contributed by atoms with E-state index in [0.717, 1.165) is 22.7 Å². The zero-order chi connectivity index (χ0) is 36.3. The van der Waals surface area contributed by atoms with Crippen LogP contribution in [0.4, 0.5) is 17.1 Å². The second-order valence-electron chi connectivity index (χ2n) is 14.2. The topological polar surface area (TPSA) is 8.17 Å². The molecule has 0 saturated carbocycles. The van der Waals surface area contributed by atoms with E-state index in [1.54, 1.807) is 0 Å². The number of benzene rings is 9.